The van der Waals surface area contributed by atoms with Crippen molar-refractivity contribution in [1.29, 1.82) is 0 Å². The summed E-state index contributed by atoms with van der Waals surface area (Å²) in [4.78, 5) is 16.2. The van der Waals surface area contributed by atoms with Gasteiger partial charge >= 0.3 is 0 Å². The number of ether oxygens (including phenoxy) is 1. The first kappa shape index (κ1) is 16.3. The van der Waals surface area contributed by atoms with Crippen LogP contribution in [0.15, 0.2) is 69.9 Å². The fraction of sp³-hybridized carbons (Fsp3) is 0.111. The maximum atomic E-state index is 12.0. The van der Waals surface area contributed by atoms with Crippen molar-refractivity contribution >= 4 is 21.8 Å². The third-order valence-corrected chi connectivity index (χ3v) is 3.69. The second-order valence-corrected chi connectivity index (χ2v) is 5.83. The topological polar surface area (TPSA) is 64.4 Å². The summed E-state index contributed by atoms with van der Waals surface area (Å²) in [6.45, 7) is 0.787. The summed E-state index contributed by atoms with van der Waals surface area (Å²) >= 11 is 3.17. The number of nitrogens with one attached hydrogen (secondary N) is 1. The van der Waals surface area contributed by atoms with Crippen LogP contribution in [0, 0.1) is 0 Å². The molecule has 24 heavy (non-hydrogen) atoms. The van der Waals surface area contributed by atoms with E-state index in [0.29, 0.717) is 17.8 Å². The number of hydrogen-bond donors (Lipinski definition) is 1. The molecule has 0 saturated carbocycles. The van der Waals surface area contributed by atoms with Gasteiger partial charge in [-0.3, -0.25) is 9.78 Å². The lowest BCUT2D eigenvalue weighted by Crippen LogP contribution is -2.22. The molecule has 3 aromatic rings. The minimum atomic E-state index is -0.263. The van der Waals surface area contributed by atoms with E-state index in [4.69, 9.17) is 9.15 Å². The summed E-state index contributed by atoms with van der Waals surface area (Å²) in [5.41, 5.74) is 1.80. The van der Waals surface area contributed by atoms with E-state index in [9.17, 15) is 4.79 Å². The zero-order valence-electron chi connectivity index (χ0n) is 12.7. The van der Waals surface area contributed by atoms with Gasteiger partial charge in [-0.25, -0.2) is 0 Å². The first-order valence-electron chi connectivity index (χ1n) is 7.36. The van der Waals surface area contributed by atoms with E-state index in [2.05, 4.69) is 26.2 Å². The number of nitrogens with zero attached hydrogens (tertiary/aromatic N) is 1. The Hall–Kier alpha value is -2.60. The van der Waals surface area contributed by atoms with Crippen molar-refractivity contribution in [2.24, 2.45) is 0 Å². The van der Waals surface area contributed by atoms with Crippen molar-refractivity contribution in [1.82, 2.24) is 10.3 Å². The number of aromatic nitrogens is 1. The van der Waals surface area contributed by atoms with Crippen molar-refractivity contribution in [3.05, 3.63) is 82.5 Å². The molecule has 0 bridgehead atoms. The molecule has 2 heterocycles. The van der Waals surface area contributed by atoms with Crippen molar-refractivity contribution in [3.63, 3.8) is 0 Å². The number of rotatable bonds is 6. The molecular weight excluding hydrogens is 372 g/mol. The van der Waals surface area contributed by atoms with Crippen molar-refractivity contribution in [2.75, 3.05) is 0 Å². The van der Waals surface area contributed by atoms with Crippen LogP contribution in [-0.2, 0) is 13.2 Å². The van der Waals surface area contributed by atoms with Crippen LogP contribution in [0.5, 0.6) is 5.75 Å². The molecule has 1 aromatic carbocycles. The smallest absolute Gasteiger partial charge is 0.287 e. The van der Waals surface area contributed by atoms with E-state index in [1.54, 1.807) is 18.3 Å². The zero-order chi connectivity index (χ0) is 16.8. The van der Waals surface area contributed by atoms with Crippen LogP contribution in [0.1, 0.15) is 21.8 Å². The Morgan fingerprint density at radius 2 is 2.08 bits per heavy atom. The summed E-state index contributed by atoms with van der Waals surface area (Å²) in [6, 6.07) is 16.6. The molecule has 0 fully saturated rings. The maximum Gasteiger partial charge on any atom is 0.287 e. The molecule has 5 nitrogen and oxygen atoms in total. The quantitative estimate of drug-likeness (QED) is 0.696. The maximum absolute atomic E-state index is 12.0. The van der Waals surface area contributed by atoms with Gasteiger partial charge in [-0.05, 0) is 57.9 Å². The highest BCUT2D eigenvalue weighted by Crippen LogP contribution is 2.16. The van der Waals surface area contributed by atoms with Crippen LogP contribution >= 0.6 is 15.9 Å². The molecule has 3 rings (SSSR count). The Balaban J connectivity index is 1.56. The van der Waals surface area contributed by atoms with E-state index < -0.39 is 0 Å². The number of benzene rings is 1. The molecule has 1 N–H and O–H groups in total. The van der Waals surface area contributed by atoms with Gasteiger partial charge in [-0.1, -0.05) is 18.2 Å². The molecule has 2 aromatic heterocycles. The lowest BCUT2D eigenvalue weighted by Gasteiger charge is -2.08. The average Bonchev–Trinajstić information content (AvgIpc) is 3.06. The minimum absolute atomic E-state index is 0.263. The number of pyridine rings is 1. The van der Waals surface area contributed by atoms with Crippen LogP contribution in [0.4, 0.5) is 0 Å². The van der Waals surface area contributed by atoms with E-state index in [1.807, 2.05) is 42.5 Å². The SMILES string of the molecule is O=C(NCc1cccc(OCc2ccccn2)c1)c1ccc(Br)o1. The van der Waals surface area contributed by atoms with Gasteiger partial charge in [0.25, 0.3) is 5.91 Å². The summed E-state index contributed by atoms with van der Waals surface area (Å²) in [6.07, 6.45) is 1.73. The van der Waals surface area contributed by atoms with Crippen molar-refractivity contribution in [3.8, 4) is 5.75 Å². The molecule has 0 spiro atoms. The standard InChI is InChI=1S/C18H15BrN2O3/c19-17-8-7-16(24-17)18(22)21-11-13-4-3-6-15(10-13)23-12-14-5-1-2-9-20-14/h1-10H,11-12H2,(H,21,22). The van der Waals surface area contributed by atoms with Crippen molar-refractivity contribution < 1.29 is 13.9 Å². The molecule has 0 atom stereocenters. The number of halogens is 1. The number of carbonyl (C=O) groups is 1. The molecule has 0 unspecified atom stereocenters. The van der Waals surface area contributed by atoms with Gasteiger partial charge in [0.2, 0.25) is 0 Å². The highest BCUT2D eigenvalue weighted by molar-refractivity contribution is 9.10. The first-order chi connectivity index (χ1) is 11.7. The Labute approximate surface area is 147 Å². The fourth-order valence-corrected chi connectivity index (χ4v) is 2.40. The van der Waals surface area contributed by atoms with Crippen LogP contribution in [0.3, 0.4) is 0 Å². The predicted octanol–water partition coefficient (Wildman–Crippen LogP) is 3.95. The molecule has 0 aliphatic carbocycles. The van der Waals surface area contributed by atoms with E-state index >= 15 is 0 Å². The van der Waals surface area contributed by atoms with Crippen LogP contribution < -0.4 is 10.1 Å². The average molecular weight is 387 g/mol. The molecule has 0 aliphatic heterocycles. The molecule has 0 saturated heterocycles. The Morgan fingerprint density at radius 1 is 1.17 bits per heavy atom. The Morgan fingerprint density at radius 3 is 2.83 bits per heavy atom. The highest BCUT2D eigenvalue weighted by atomic mass is 79.9. The van der Waals surface area contributed by atoms with Crippen LogP contribution in [0.25, 0.3) is 0 Å². The second kappa shape index (κ2) is 7.79. The third-order valence-electron chi connectivity index (χ3n) is 3.26. The second-order valence-electron chi connectivity index (χ2n) is 5.04. The normalized spacial score (nSPS) is 10.4. The summed E-state index contributed by atoms with van der Waals surface area (Å²) in [5.74, 6) is 0.734. The monoisotopic (exact) mass is 386 g/mol. The van der Waals surface area contributed by atoms with Gasteiger partial charge in [0, 0.05) is 12.7 Å². The van der Waals surface area contributed by atoms with Crippen LogP contribution in [-0.4, -0.2) is 10.9 Å². The summed E-state index contributed by atoms with van der Waals surface area (Å²) in [7, 11) is 0. The third kappa shape index (κ3) is 4.45. The molecule has 1 amide bonds. The lowest BCUT2D eigenvalue weighted by atomic mass is 10.2. The van der Waals surface area contributed by atoms with Gasteiger partial charge in [0.05, 0.1) is 5.69 Å². The number of furan rings is 1. The van der Waals surface area contributed by atoms with Gasteiger partial charge in [0.15, 0.2) is 10.4 Å². The van der Waals surface area contributed by atoms with Gasteiger partial charge in [-0.15, -0.1) is 0 Å². The van der Waals surface area contributed by atoms with Gasteiger partial charge < -0.3 is 14.5 Å². The Bertz CT molecular complexity index is 818. The van der Waals surface area contributed by atoms with Crippen molar-refractivity contribution in [2.45, 2.75) is 13.2 Å². The largest absolute Gasteiger partial charge is 0.487 e. The lowest BCUT2D eigenvalue weighted by molar-refractivity contribution is 0.0922. The number of hydrogen-bond acceptors (Lipinski definition) is 4. The first-order valence-corrected chi connectivity index (χ1v) is 8.15. The van der Waals surface area contributed by atoms with E-state index in [-0.39, 0.29) is 11.7 Å². The molecule has 6 heteroatoms. The van der Waals surface area contributed by atoms with Gasteiger partial charge in [-0.2, -0.15) is 0 Å². The fourth-order valence-electron chi connectivity index (χ4n) is 2.09. The molecule has 122 valence electrons. The number of carbonyl (C=O) groups excluding carboxylic acids is 1. The summed E-state index contributed by atoms with van der Waals surface area (Å²) < 4.78 is 11.5. The van der Waals surface area contributed by atoms with E-state index in [1.165, 1.54) is 0 Å². The molecular formula is C18H15BrN2O3. The summed E-state index contributed by atoms with van der Waals surface area (Å²) in [5, 5.41) is 2.81. The van der Waals surface area contributed by atoms with Crippen LogP contribution in [0.2, 0.25) is 0 Å². The zero-order valence-corrected chi connectivity index (χ0v) is 14.3. The highest BCUT2D eigenvalue weighted by Gasteiger charge is 2.10. The number of amides is 1. The van der Waals surface area contributed by atoms with Gasteiger partial charge in [0.1, 0.15) is 12.4 Å². The molecule has 0 radical (unpaired) electrons. The van der Waals surface area contributed by atoms with E-state index in [0.717, 1.165) is 17.0 Å². The minimum Gasteiger partial charge on any atom is -0.487 e. The molecule has 0 aliphatic rings. The predicted molar refractivity (Wildman–Crippen MR) is 92.6 cm³/mol. The Kier molecular flexibility index (Phi) is 5.28.